The maximum absolute atomic E-state index is 13.6. The molecule has 31 heavy (non-hydrogen) atoms. The molecule has 1 aliphatic rings. The Hall–Kier alpha value is -2.78. The third kappa shape index (κ3) is 5.11. The lowest BCUT2D eigenvalue weighted by Gasteiger charge is -2.29. The minimum Gasteiger partial charge on any atom is -0.497 e. The third-order valence-corrected chi connectivity index (χ3v) is 7.18. The summed E-state index contributed by atoms with van der Waals surface area (Å²) in [5.74, 6) is 1.31. The molecular formula is C22H28N2O6S. The number of benzene rings is 2. The SMILES string of the molecule is COc1ccc(S(=O)(=O)N(Cc2ccc(OC)c(OC)c2)C2CCCCNC2=O)cc1. The topological polar surface area (TPSA) is 94.2 Å². The summed E-state index contributed by atoms with van der Waals surface area (Å²) < 4.78 is 44.3. The minimum atomic E-state index is -3.96. The number of nitrogens with one attached hydrogen (secondary N) is 1. The zero-order valence-electron chi connectivity index (χ0n) is 18.0. The summed E-state index contributed by atoms with van der Waals surface area (Å²) in [4.78, 5) is 12.9. The molecule has 0 bridgehead atoms. The summed E-state index contributed by atoms with van der Waals surface area (Å²) in [5, 5.41) is 2.83. The molecule has 1 aliphatic heterocycles. The van der Waals surface area contributed by atoms with Gasteiger partial charge in [-0.3, -0.25) is 4.79 Å². The monoisotopic (exact) mass is 448 g/mol. The number of sulfonamides is 1. The highest BCUT2D eigenvalue weighted by Crippen LogP contribution is 2.31. The van der Waals surface area contributed by atoms with Gasteiger partial charge in [0.15, 0.2) is 11.5 Å². The molecule has 1 N–H and O–H groups in total. The second kappa shape index (κ2) is 10.0. The fourth-order valence-corrected chi connectivity index (χ4v) is 5.21. The molecule has 9 heteroatoms. The van der Waals surface area contributed by atoms with E-state index >= 15 is 0 Å². The number of methoxy groups -OCH3 is 3. The van der Waals surface area contributed by atoms with Crippen LogP contribution < -0.4 is 19.5 Å². The number of hydrogen-bond donors (Lipinski definition) is 1. The van der Waals surface area contributed by atoms with Gasteiger partial charge < -0.3 is 19.5 Å². The second-order valence-electron chi connectivity index (χ2n) is 7.22. The van der Waals surface area contributed by atoms with Gasteiger partial charge in [-0.15, -0.1) is 0 Å². The Bertz CT molecular complexity index is 1010. The van der Waals surface area contributed by atoms with Gasteiger partial charge in [0.1, 0.15) is 11.8 Å². The van der Waals surface area contributed by atoms with Crippen molar-refractivity contribution in [2.24, 2.45) is 0 Å². The molecule has 0 aliphatic carbocycles. The molecule has 0 spiro atoms. The molecule has 1 unspecified atom stereocenters. The van der Waals surface area contributed by atoms with Gasteiger partial charge in [-0.1, -0.05) is 6.07 Å². The van der Waals surface area contributed by atoms with E-state index in [0.29, 0.717) is 35.8 Å². The molecule has 0 aromatic heterocycles. The highest BCUT2D eigenvalue weighted by molar-refractivity contribution is 7.89. The highest BCUT2D eigenvalue weighted by atomic mass is 32.2. The molecule has 3 rings (SSSR count). The fraction of sp³-hybridized carbons (Fsp3) is 0.409. The molecule has 1 saturated heterocycles. The lowest BCUT2D eigenvalue weighted by molar-refractivity contribution is -0.124. The molecule has 0 radical (unpaired) electrons. The molecule has 1 atom stereocenters. The van der Waals surface area contributed by atoms with Crippen LogP contribution >= 0.6 is 0 Å². The Morgan fingerprint density at radius 3 is 2.32 bits per heavy atom. The van der Waals surface area contributed by atoms with Crippen LogP contribution in [0.15, 0.2) is 47.4 Å². The van der Waals surface area contributed by atoms with Gasteiger partial charge in [0, 0.05) is 13.1 Å². The molecule has 1 amide bonds. The van der Waals surface area contributed by atoms with Gasteiger partial charge in [0.25, 0.3) is 0 Å². The van der Waals surface area contributed by atoms with Crippen LogP contribution in [0.4, 0.5) is 0 Å². The van der Waals surface area contributed by atoms with Crippen molar-refractivity contribution < 1.29 is 27.4 Å². The van der Waals surface area contributed by atoms with E-state index in [9.17, 15) is 13.2 Å². The molecular weight excluding hydrogens is 420 g/mol. The smallest absolute Gasteiger partial charge is 0.244 e. The first kappa shape index (κ1) is 22.9. The van der Waals surface area contributed by atoms with Crippen LogP contribution in [0.2, 0.25) is 0 Å². The van der Waals surface area contributed by atoms with Gasteiger partial charge >= 0.3 is 0 Å². The van der Waals surface area contributed by atoms with Gasteiger partial charge in [-0.25, -0.2) is 8.42 Å². The number of hydrogen-bond acceptors (Lipinski definition) is 6. The lowest BCUT2D eigenvalue weighted by Crippen LogP contribution is -2.48. The van der Waals surface area contributed by atoms with Crippen molar-refractivity contribution in [2.75, 3.05) is 27.9 Å². The largest absolute Gasteiger partial charge is 0.497 e. The van der Waals surface area contributed by atoms with E-state index in [-0.39, 0.29) is 17.3 Å². The number of carbonyl (C=O) groups excluding carboxylic acids is 1. The Balaban J connectivity index is 2.02. The summed E-state index contributed by atoms with van der Waals surface area (Å²) in [5.41, 5.74) is 0.687. The fourth-order valence-electron chi connectivity index (χ4n) is 3.60. The van der Waals surface area contributed by atoms with Crippen LogP contribution in [-0.4, -0.2) is 52.5 Å². The average molecular weight is 449 g/mol. The Morgan fingerprint density at radius 1 is 0.968 bits per heavy atom. The normalized spacial score (nSPS) is 17.0. The number of nitrogens with zero attached hydrogens (tertiary/aromatic N) is 1. The maximum Gasteiger partial charge on any atom is 0.244 e. The Labute approximate surface area is 183 Å². The minimum absolute atomic E-state index is 0.0206. The summed E-state index contributed by atoms with van der Waals surface area (Å²) in [7, 11) is 0.609. The van der Waals surface area contributed by atoms with Crippen molar-refractivity contribution in [2.45, 2.75) is 36.7 Å². The zero-order valence-corrected chi connectivity index (χ0v) is 18.8. The Kier molecular flexibility index (Phi) is 7.40. The zero-order chi connectivity index (χ0) is 22.4. The van der Waals surface area contributed by atoms with E-state index in [1.807, 2.05) is 0 Å². The predicted molar refractivity (Wildman–Crippen MR) is 116 cm³/mol. The van der Waals surface area contributed by atoms with Crippen LogP contribution in [0, 0.1) is 0 Å². The molecule has 1 heterocycles. The van der Waals surface area contributed by atoms with Crippen LogP contribution in [0.25, 0.3) is 0 Å². The van der Waals surface area contributed by atoms with Gasteiger partial charge in [0.2, 0.25) is 15.9 Å². The summed E-state index contributed by atoms with van der Waals surface area (Å²) in [6.07, 6.45) is 2.02. The van der Waals surface area contributed by atoms with Crippen molar-refractivity contribution in [3.8, 4) is 17.2 Å². The van der Waals surface area contributed by atoms with E-state index in [1.54, 1.807) is 30.3 Å². The van der Waals surface area contributed by atoms with Gasteiger partial charge in [-0.05, 0) is 61.2 Å². The predicted octanol–water partition coefficient (Wildman–Crippen LogP) is 2.57. The molecule has 168 valence electrons. The second-order valence-corrected chi connectivity index (χ2v) is 9.11. The number of amides is 1. The first-order valence-electron chi connectivity index (χ1n) is 10.0. The van der Waals surface area contributed by atoms with E-state index < -0.39 is 16.1 Å². The molecule has 0 saturated carbocycles. The standard InChI is InChI=1S/C22H28N2O6S/c1-28-17-8-10-18(11-9-17)31(26,27)24(19-6-4-5-13-23-22(19)25)15-16-7-12-20(29-2)21(14-16)30-3/h7-12,14,19H,4-6,13,15H2,1-3H3,(H,23,25). The molecule has 2 aromatic carbocycles. The van der Waals surface area contributed by atoms with Gasteiger partial charge in [-0.2, -0.15) is 4.31 Å². The van der Waals surface area contributed by atoms with E-state index in [0.717, 1.165) is 12.8 Å². The summed E-state index contributed by atoms with van der Waals surface area (Å²) in [6.45, 7) is 0.564. The number of ether oxygens (including phenoxy) is 3. The number of rotatable bonds is 8. The molecule has 1 fully saturated rings. The van der Waals surface area contributed by atoms with Crippen molar-refractivity contribution in [3.05, 3.63) is 48.0 Å². The van der Waals surface area contributed by atoms with E-state index in [1.165, 1.54) is 37.8 Å². The van der Waals surface area contributed by atoms with E-state index in [2.05, 4.69) is 5.32 Å². The maximum atomic E-state index is 13.6. The van der Waals surface area contributed by atoms with E-state index in [4.69, 9.17) is 14.2 Å². The first-order chi connectivity index (χ1) is 14.9. The lowest BCUT2D eigenvalue weighted by atomic mass is 10.1. The molecule has 2 aromatic rings. The van der Waals surface area contributed by atoms with Crippen molar-refractivity contribution in [1.29, 1.82) is 0 Å². The highest BCUT2D eigenvalue weighted by Gasteiger charge is 2.36. The summed E-state index contributed by atoms with van der Waals surface area (Å²) >= 11 is 0. The van der Waals surface area contributed by atoms with Gasteiger partial charge in [0.05, 0.1) is 26.2 Å². The first-order valence-corrected chi connectivity index (χ1v) is 11.5. The van der Waals surface area contributed by atoms with Crippen molar-refractivity contribution in [1.82, 2.24) is 9.62 Å². The number of carbonyl (C=O) groups is 1. The molecule has 8 nitrogen and oxygen atoms in total. The van der Waals surface area contributed by atoms with Crippen LogP contribution in [0.3, 0.4) is 0 Å². The van der Waals surface area contributed by atoms with Crippen LogP contribution in [-0.2, 0) is 21.4 Å². The Morgan fingerprint density at radius 2 is 1.68 bits per heavy atom. The summed E-state index contributed by atoms with van der Waals surface area (Å²) in [6, 6.07) is 10.6. The van der Waals surface area contributed by atoms with Crippen molar-refractivity contribution in [3.63, 3.8) is 0 Å². The average Bonchev–Trinajstić information content (AvgIpc) is 3.01. The van der Waals surface area contributed by atoms with Crippen LogP contribution in [0.1, 0.15) is 24.8 Å². The van der Waals surface area contributed by atoms with Crippen molar-refractivity contribution >= 4 is 15.9 Å². The third-order valence-electron chi connectivity index (χ3n) is 5.31. The quantitative estimate of drug-likeness (QED) is 0.667. The van der Waals surface area contributed by atoms with Crippen LogP contribution in [0.5, 0.6) is 17.2 Å².